The molecule has 1 amide bonds. The average molecular weight is 505 g/mol. The molecular weight excluding hydrogens is 480 g/mol. The van der Waals surface area contributed by atoms with Gasteiger partial charge in [-0.05, 0) is 65.0 Å². The molecule has 0 unspecified atom stereocenters. The molecule has 0 aliphatic carbocycles. The molecule has 1 aliphatic rings. The normalized spacial score (nSPS) is 14.5. The van der Waals surface area contributed by atoms with Gasteiger partial charge in [0.1, 0.15) is 18.2 Å². The lowest BCUT2D eigenvalue weighted by molar-refractivity contribution is 0.0682. The van der Waals surface area contributed by atoms with Gasteiger partial charge < -0.3 is 14.2 Å². The summed E-state index contributed by atoms with van der Waals surface area (Å²) in [4.78, 5) is 23.8. The number of fused-ring (bicyclic) bond motifs is 1. The van der Waals surface area contributed by atoms with Crippen molar-refractivity contribution in [2.45, 2.75) is 26.0 Å². The van der Waals surface area contributed by atoms with Crippen LogP contribution in [0.15, 0.2) is 77.5 Å². The van der Waals surface area contributed by atoms with E-state index >= 15 is 0 Å². The number of piperidine rings is 1. The number of ether oxygens (including phenoxy) is 1. The third kappa shape index (κ3) is 4.93. The van der Waals surface area contributed by atoms with E-state index in [1.165, 1.54) is 0 Å². The minimum Gasteiger partial charge on any atom is -0.486 e. The number of rotatable bonds is 6. The Bertz CT molecular complexity index is 1250. The number of aromatic nitrogens is 3. The Morgan fingerprint density at radius 3 is 2.58 bits per heavy atom. The van der Waals surface area contributed by atoms with Crippen molar-refractivity contribution >= 4 is 32.9 Å². The van der Waals surface area contributed by atoms with E-state index < -0.39 is 0 Å². The lowest BCUT2D eigenvalue weighted by Crippen LogP contribution is -2.39. The molecule has 168 valence electrons. The van der Waals surface area contributed by atoms with Gasteiger partial charge in [-0.3, -0.25) is 9.78 Å². The molecule has 1 saturated heterocycles. The predicted molar refractivity (Wildman–Crippen MR) is 131 cm³/mol. The van der Waals surface area contributed by atoms with Gasteiger partial charge in [0, 0.05) is 36.5 Å². The second-order valence-corrected chi connectivity index (χ2v) is 9.27. The van der Waals surface area contributed by atoms with Gasteiger partial charge in [-0.15, -0.1) is 0 Å². The van der Waals surface area contributed by atoms with Crippen LogP contribution in [0.2, 0.25) is 0 Å². The van der Waals surface area contributed by atoms with Crippen LogP contribution in [0.4, 0.5) is 0 Å². The number of hydrogen-bond donors (Lipinski definition) is 0. The molecule has 4 aromatic rings. The van der Waals surface area contributed by atoms with Gasteiger partial charge in [-0.1, -0.05) is 30.3 Å². The fourth-order valence-electron chi connectivity index (χ4n) is 4.39. The van der Waals surface area contributed by atoms with Crippen molar-refractivity contribution in [3.8, 4) is 5.75 Å². The Balaban J connectivity index is 1.28. The van der Waals surface area contributed by atoms with Crippen molar-refractivity contribution in [2.75, 3.05) is 13.1 Å². The number of likely N-dealkylation sites (tertiary alicyclic amines) is 1. The minimum absolute atomic E-state index is 0.0484. The van der Waals surface area contributed by atoms with Gasteiger partial charge in [0.15, 0.2) is 0 Å². The number of pyridine rings is 1. The van der Waals surface area contributed by atoms with Gasteiger partial charge in [0.05, 0.1) is 16.6 Å². The topological polar surface area (TPSA) is 60.2 Å². The molecule has 0 spiro atoms. The Hall–Kier alpha value is -3.19. The predicted octanol–water partition coefficient (Wildman–Crippen LogP) is 5.33. The van der Waals surface area contributed by atoms with Crippen LogP contribution in [-0.4, -0.2) is 38.4 Å². The number of amides is 1. The highest BCUT2D eigenvalue weighted by molar-refractivity contribution is 9.10. The van der Waals surface area contributed by atoms with Crippen molar-refractivity contribution in [3.63, 3.8) is 0 Å². The third-order valence-electron chi connectivity index (χ3n) is 6.14. The summed E-state index contributed by atoms with van der Waals surface area (Å²) in [5, 5.41) is 0. The summed E-state index contributed by atoms with van der Waals surface area (Å²) in [5.74, 6) is 2.29. The number of benzene rings is 2. The van der Waals surface area contributed by atoms with Crippen LogP contribution in [0, 0.1) is 5.92 Å². The van der Waals surface area contributed by atoms with Crippen molar-refractivity contribution in [1.82, 2.24) is 19.4 Å². The highest BCUT2D eigenvalue weighted by Crippen LogP contribution is 2.25. The first kappa shape index (κ1) is 21.6. The zero-order valence-corrected chi connectivity index (χ0v) is 19.8. The largest absolute Gasteiger partial charge is 0.486 e. The second-order valence-electron chi connectivity index (χ2n) is 8.36. The number of nitrogens with zero attached hydrogens (tertiary/aromatic N) is 4. The molecule has 0 N–H and O–H groups in total. The third-order valence-corrected chi connectivity index (χ3v) is 6.57. The zero-order valence-electron chi connectivity index (χ0n) is 18.2. The van der Waals surface area contributed by atoms with E-state index in [1.807, 2.05) is 53.4 Å². The van der Waals surface area contributed by atoms with Gasteiger partial charge >= 0.3 is 0 Å². The van der Waals surface area contributed by atoms with Gasteiger partial charge in [0.2, 0.25) is 0 Å². The zero-order chi connectivity index (χ0) is 22.6. The van der Waals surface area contributed by atoms with Crippen LogP contribution in [0.25, 0.3) is 11.0 Å². The summed E-state index contributed by atoms with van der Waals surface area (Å²) in [6.45, 7) is 2.79. The van der Waals surface area contributed by atoms with Crippen LogP contribution in [0.1, 0.15) is 29.0 Å². The van der Waals surface area contributed by atoms with Gasteiger partial charge in [-0.25, -0.2) is 4.98 Å². The average Bonchev–Trinajstić information content (AvgIpc) is 3.20. The first-order valence-electron chi connectivity index (χ1n) is 11.2. The maximum atomic E-state index is 12.9. The molecule has 0 saturated carbocycles. The van der Waals surface area contributed by atoms with E-state index in [2.05, 4.69) is 37.6 Å². The van der Waals surface area contributed by atoms with Crippen LogP contribution >= 0.6 is 15.9 Å². The Kier molecular flexibility index (Phi) is 6.39. The number of imidazole rings is 1. The lowest BCUT2D eigenvalue weighted by Gasteiger charge is -2.32. The molecule has 5 rings (SSSR count). The molecule has 0 bridgehead atoms. The number of halogens is 1. The summed E-state index contributed by atoms with van der Waals surface area (Å²) < 4.78 is 9.12. The molecule has 6 nitrogen and oxygen atoms in total. The minimum atomic E-state index is 0.0484. The highest BCUT2D eigenvalue weighted by atomic mass is 79.9. The first-order valence-corrected chi connectivity index (χ1v) is 12.0. The Labute approximate surface area is 201 Å². The smallest absolute Gasteiger partial charge is 0.255 e. The Morgan fingerprint density at radius 1 is 1.03 bits per heavy atom. The number of carbonyl (C=O) groups excluding carboxylic acids is 1. The van der Waals surface area contributed by atoms with E-state index in [-0.39, 0.29) is 5.91 Å². The molecule has 2 aromatic carbocycles. The summed E-state index contributed by atoms with van der Waals surface area (Å²) in [6, 6.07) is 19.9. The molecular formula is C26H25BrN4O2. The quantitative estimate of drug-likeness (QED) is 0.356. The highest BCUT2D eigenvalue weighted by Gasteiger charge is 2.25. The maximum Gasteiger partial charge on any atom is 0.255 e. The Morgan fingerprint density at radius 2 is 1.79 bits per heavy atom. The maximum absolute atomic E-state index is 12.9. The van der Waals surface area contributed by atoms with E-state index in [0.29, 0.717) is 18.1 Å². The monoisotopic (exact) mass is 504 g/mol. The SMILES string of the molecule is O=C(c1cncc(Br)c1)N1CCC(Cn2c(COc3ccccc3)nc3ccccc32)CC1. The van der Waals surface area contributed by atoms with E-state index in [1.54, 1.807) is 12.4 Å². The summed E-state index contributed by atoms with van der Waals surface area (Å²) in [6.07, 6.45) is 5.24. The van der Waals surface area contributed by atoms with Crippen molar-refractivity contribution < 1.29 is 9.53 Å². The molecule has 2 aromatic heterocycles. The fraction of sp³-hybridized carbons (Fsp3) is 0.269. The van der Waals surface area contributed by atoms with Gasteiger partial charge in [-0.2, -0.15) is 0 Å². The summed E-state index contributed by atoms with van der Waals surface area (Å²) in [5.41, 5.74) is 2.74. The molecule has 0 radical (unpaired) electrons. The molecule has 33 heavy (non-hydrogen) atoms. The van der Waals surface area contributed by atoms with Gasteiger partial charge in [0.25, 0.3) is 5.91 Å². The van der Waals surface area contributed by atoms with E-state index in [4.69, 9.17) is 9.72 Å². The molecule has 7 heteroatoms. The number of para-hydroxylation sites is 3. The standard InChI is InChI=1S/C26H25BrN4O2/c27-21-14-20(15-28-16-21)26(32)30-12-10-19(11-13-30)17-31-24-9-5-4-8-23(24)29-25(31)18-33-22-6-2-1-3-7-22/h1-9,14-16,19H,10-13,17-18H2. The fourth-order valence-corrected chi connectivity index (χ4v) is 4.76. The van der Waals surface area contributed by atoms with Crippen LogP contribution in [-0.2, 0) is 13.2 Å². The first-order chi connectivity index (χ1) is 16.2. The second kappa shape index (κ2) is 9.75. The number of carbonyl (C=O) groups is 1. The van der Waals surface area contributed by atoms with Crippen LogP contribution < -0.4 is 4.74 Å². The van der Waals surface area contributed by atoms with Crippen molar-refractivity contribution in [1.29, 1.82) is 0 Å². The molecule has 0 atom stereocenters. The number of hydrogen-bond acceptors (Lipinski definition) is 4. The van der Waals surface area contributed by atoms with E-state index in [9.17, 15) is 4.79 Å². The van der Waals surface area contributed by atoms with Crippen molar-refractivity contribution in [2.24, 2.45) is 5.92 Å². The molecule has 1 fully saturated rings. The van der Waals surface area contributed by atoms with E-state index in [0.717, 1.165) is 59.6 Å². The molecule has 3 heterocycles. The lowest BCUT2D eigenvalue weighted by atomic mass is 9.96. The van der Waals surface area contributed by atoms with Crippen LogP contribution in [0.3, 0.4) is 0 Å². The summed E-state index contributed by atoms with van der Waals surface area (Å²) in [7, 11) is 0. The molecule has 1 aliphatic heterocycles. The van der Waals surface area contributed by atoms with Crippen molar-refractivity contribution in [3.05, 3.63) is 88.9 Å². The summed E-state index contributed by atoms with van der Waals surface area (Å²) >= 11 is 3.40. The van der Waals surface area contributed by atoms with Crippen LogP contribution in [0.5, 0.6) is 5.75 Å².